The first-order valence-electron chi connectivity index (χ1n) is 10.0. The minimum absolute atomic E-state index is 0.160. The fraction of sp³-hybridized carbons (Fsp3) is 0.737. The summed E-state index contributed by atoms with van der Waals surface area (Å²) in [5.74, 6) is 1.46. The van der Waals surface area contributed by atoms with Crippen molar-refractivity contribution in [1.29, 1.82) is 0 Å². The lowest BCUT2D eigenvalue weighted by Gasteiger charge is -2.24. The third kappa shape index (κ3) is 8.15. The number of hydrogen-bond donors (Lipinski definition) is 4. The number of guanidine groups is 1. The Kier molecular flexibility index (Phi) is 8.84. The topological polar surface area (TPSA) is 118 Å². The predicted molar refractivity (Wildman–Crippen MR) is 113 cm³/mol. The lowest BCUT2D eigenvalue weighted by Crippen LogP contribution is -2.44. The zero-order valence-electron chi connectivity index (χ0n) is 16.6. The predicted octanol–water partition coefficient (Wildman–Crippen LogP) is 3.19. The lowest BCUT2D eigenvalue weighted by molar-refractivity contribution is 0.240. The Morgan fingerprint density at radius 1 is 1.37 bits per heavy atom. The van der Waals surface area contributed by atoms with Crippen LogP contribution in [0.1, 0.15) is 62.4 Å². The summed E-state index contributed by atoms with van der Waals surface area (Å²) in [6.45, 7) is 5.38. The molecule has 1 heterocycles. The van der Waals surface area contributed by atoms with E-state index in [-0.39, 0.29) is 12.0 Å². The van der Waals surface area contributed by atoms with Crippen molar-refractivity contribution >= 4 is 28.5 Å². The molecule has 0 radical (unpaired) electrons. The van der Waals surface area contributed by atoms with Gasteiger partial charge in [0, 0.05) is 18.0 Å². The van der Waals surface area contributed by atoms with Gasteiger partial charge in [-0.15, -0.1) is 11.3 Å². The van der Waals surface area contributed by atoms with Crippen molar-refractivity contribution in [2.45, 2.75) is 65.2 Å². The molecular formula is C19H34N6OS. The Morgan fingerprint density at radius 2 is 2.11 bits per heavy atom. The zero-order valence-corrected chi connectivity index (χ0v) is 17.4. The van der Waals surface area contributed by atoms with E-state index in [9.17, 15) is 4.79 Å². The molecule has 1 saturated carbocycles. The van der Waals surface area contributed by atoms with Crippen LogP contribution in [0.4, 0.5) is 9.93 Å². The monoisotopic (exact) mass is 394 g/mol. The van der Waals surface area contributed by atoms with Crippen molar-refractivity contribution in [3.8, 4) is 0 Å². The second kappa shape index (κ2) is 11.1. The molecule has 0 bridgehead atoms. The number of hydrogen-bond acceptors (Lipinski definition) is 5. The molecule has 1 atom stereocenters. The summed E-state index contributed by atoms with van der Waals surface area (Å²) in [4.78, 5) is 21.5. The van der Waals surface area contributed by atoms with E-state index in [1.165, 1.54) is 54.7 Å². The molecule has 152 valence electrons. The van der Waals surface area contributed by atoms with E-state index in [4.69, 9.17) is 11.5 Å². The van der Waals surface area contributed by atoms with E-state index in [0.717, 1.165) is 24.5 Å². The number of nitrogens with one attached hydrogen (secondary N) is 2. The minimum atomic E-state index is -0.280. The highest BCUT2D eigenvalue weighted by Crippen LogP contribution is 2.28. The lowest BCUT2D eigenvalue weighted by atomic mass is 9.83. The van der Waals surface area contributed by atoms with Gasteiger partial charge < -0.3 is 16.8 Å². The van der Waals surface area contributed by atoms with Gasteiger partial charge in [-0.3, -0.25) is 10.3 Å². The Balaban J connectivity index is 1.59. The molecule has 2 rings (SSSR count). The number of urea groups is 1. The van der Waals surface area contributed by atoms with Crippen LogP contribution in [0.3, 0.4) is 0 Å². The first-order chi connectivity index (χ1) is 12.9. The fourth-order valence-electron chi connectivity index (χ4n) is 3.66. The molecule has 1 aliphatic carbocycles. The molecular weight excluding hydrogens is 360 g/mol. The summed E-state index contributed by atoms with van der Waals surface area (Å²) < 4.78 is 0. The Hall–Kier alpha value is -1.83. The Morgan fingerprint density at radius 3 is 2.78 bits per heavy atom. The fourth-order valence-corrected chi connectivity index (χ4v) is 4.54. The van der Waals surface area contributed by atoms with E-state index >= 15 is 0 Å². The molecule has 1 aromatic rings. The number of carbonyl (C=O) groups is 1. The first-order valence-corrected chi connectivity index (χ1v) is 10.8. The summed E-state index contributed by atoms with van der Waals surface area (Å²) in [7, 11) is 0. The molecule has 1 aliphatic rings. The van der Waals surface area contributed by atoms with Gasteiger partial charge in [-0.1, -0.05) is 39.0 Å². The molecule has 0 aromatic carbocycles. The van der Waals surface area contributed by atoms with Crippen LogP contribution in [0.2, 0.25) is 0 Å². The third-order valence-corrected chi connectivity index (χ3v) is 6.11. The summed E-state index contributed by atoms with van der Waals surface area (Å²) in [5.41, 5.74) is 12.5. The maximum atomic E-state index is 11.9. The van der Waals surface area contributed by atoms with Crippen LogP contribution < -0.4 is 22.1 Å². The molecule has 6 N–H and O–H groups in total. The van der Waals surface area contributed by atoms with Gasteiger partial charge >= 0.3 is 6.03 Å². The van der Waals surface area contributed by atoms with Crippen LogP contribution in [-0.4, -0.2) is 30.1 Å². The van der Waals surface area contributed by atoms with Gasteiger partial charge in [0.15, 0.2) is 11.1 Å². The quantitative estimate of drug-likeness (QED) is 0.307. The van der Waals surface area contributed by atoms with Crippen LogP contribution >= 0.6 is 11.3 Å². The number of aliphatic imine (C=N–C) groups is 1. The summed E-state index contributed by atoms with van der Waals surface area (Å²) in [5, 5.41) is 6.10. The normalized spacial score (nSPS) is 16.9. The number of nitrogens with two attached hydrogens (primary N) is 2. The van der Waals surface area contributed by atoms with Gasteiger partial charge in [0.2, 0.25) is 0 Å². The highest BCUT2D eigenvalue weighted by molar-refractivity contribution is 7.15. The molecule has 8 heteroatoms. The van der Waals surface area contributed by atoms with Gasteiger partial charge in [0.1, 0.15) is 0 Å². The number of carbonyl (C=O) groups excluding carboxylic acids is 1. The number of rotatable bonds is 8. The van der Waals surface area contributed by atoms with Gasteiger partial charge in [-0.25, -0.2) is 9.78 Å². The Labute approximate surface area is 166 Å². The summed E-state index contributed by atoms with van der Waals surface area (Å²) >= 11 is 1.51. The molecule has 0 saturated heterocycles. The minimum Gasteiger partial charge on any atom is -0.375 e. The van der Waals surface area contributed by atoms with Crippen molar-refractivity contribution in [2.75, 3.05) is 18.8 Å². The smallest absolute Gasteiger partial charge is 0.321 e. The van der Waals surface area contributed by atoms with Crippen LogP contribution in [0.15, 0.2) is 4.99 Å². The van der Waals surface area contributed by atoms with Gasteiger partial charge in [-0.2, -0.15) is 0 Å². The average Bonchev–Trinajstić information content (AvgIpc) is 2.95. The highest BCUT2D eigenvalue weighted by atomic mass is 32.1. The largest absolute Gasteiger partial charge is 0.375 e. The van der Waals surface area contributed by atoms with Crippen molar-refractivity contribution in [3.05, 3.63) is 10.6 Å². The van der Waals surface area contributed by atoms with Crippen molar-refractivity contribution in [3.63, 3.8) is 0 Å². The number of aryl methyl sites for hydroxylation is 2. The van der Waals surface area contributed by atoms with Gasteiger partial charge in [0.25, 0.3) is 0 Å². The van der Waals surface area contributed by atoms with Gasteiger partial charge in [0.05, 0.1) is 5.69 Å². The SMILES string of the molecule is Cc1nc(N)sc1CCCN=C(N)NC(=O)NCC(C)CC1CCCCC1. The number of aromatic nitrogens is 1. The number of thiazole rings is 1. The molecule has 1 aromatic heterocycles. The first kappa shape index (κ1) is 21.5. The second-order valence-corrected chi connectivity index (χ2v) is 8.73. The molecule has 7 nitrogen and oxygen atoms in total. The molecule has 1 unspecified atom stereocenters. The molecule has 27 heavy (non-hydrogen) atoms. The van der Waals surface area contributed by atoms with Gasteiger partial charge in [-0.05, 0) is 38.0 Å². The summed E-state index contributed by atoms with van der Waals surface area (Å²) in [6, 6.07) is -0.280. The molecule has 1 fully saturated rings. The van der Waals surface area contributed by atoms with E-state index in [1.54, 1.807) is 0 Å². The number of nitrogens with zero attached hydrogens (tertiary/aromatic N) is 2. The molecule has 0 spiro atoms. The number of amides is 2. The van der Waals surface area contributed by atoms with E-state index in [2.05, 4.69) is 27.5 Å². The van der Waals surface area contributed by atoms with Crippen LogP contribution in [0, 0.1) is 18.8 Å². The zero-order chi connectivity index (χ0) is 19.6. The van der Waals surface area contributed by atoms with Crippen LogP contribution in [-0.2, 0) is 6.42 Å². The molecule has 0 aliphatic heterocycles. The Bertz CT molecular complexity index is 624. The second-order valence-electron chi connectivity index (χ2n) is 7.61. The number of anilines is 1. The van der Waals surface area contributed by atoms with Crippen LogP contribution in [0.5, 0.6) is 0 Å². The molecule has 2 amide bonds. The van der Waals surface area contributed by atoms with Crippen LogP contribution in [0.25, 0.3) is 0 Å². The van der Waals surface area contributed by atoms with Crippen molar-refractivity contribution in [1.82, 2.24) is 15.6 Å². The maximum absolute atomic E-state index is 11.9. The maximum Gasteiger partial charge on any atom is 0.321 e. The van der Waals surface area contributed by atoms with Crippen molar-refractivity contribution in [2.24, 2.45) is 22.6 Å². The van der Waals surface area contributed by atoms with Crippen molar-refractivity contribution < 1.29 is 4.79 Å². The highest BCUT2D eigenvalue weighted by Gasteiger charge is 2.17. The average molecular weight is 395 g/mol. The van der Waals surface area contributed by atoms with E-state index in [1.807, 2.05) is 6.92 Å². The number of nitrogen functional groups attached to an aromatic ring is 1. The van der Waals surface area contributed by atoms with E-state index < -0.39 is 0 Å². The summed E-state index contributed by atoms with van der Waals surface area (Å²) in [6.07, 6.45) is 9.65. The third-order valence-electron chi connectivity index (χ3n) is 5.07. The standard InChI is InChI=1S/C19H34N6OS/c1-13(11-15-7-4-3-5-8-15)12-23-19(26)25-17(20)22-10-6-9-16-14(2)24-18(21)27-16/h13,15H,3-12H2,1-2H3,(H2,21,24)(H4,20,22,23,25,26). The van der Waals surface area contributed by atoms with E-state index in [0.29, 0.717) is 24.1 Å².